The van der Waals surface area contributed by atoms with Crippen molar-refractivity contribution in [2.75, 3.05) is 24.4 Å². The number of rotatable bonds is 6. The number of allylic oxidation sites excluding steroid dienone is 1. The number of hydrogen-bond acceptors (Lipinski definition) is 8. The molecule has 4 rings (SSSR count). The Morgan fingerprint density at radius 2 is 1.50 bits per heavy atom. The molecule has 0 aliphatic carbocycles. The minimum Gasteiger partial charge on any atom is -0.466 e. The van der Waals surface area contributed by atoms with E-state index in [9.17, 15) is 19.6 Å². The minimum absolute atomic E-state index is 0.00349. The molecule has 1 unspecified atom stereocenters. The van der Waals surface area contributed by atoms with Crippen LogP contribution in [0.15, 0.2) is 95.5 Å². The van der Waals surface area contributed by atoms with Gasteiger partial charge in [-0.1, -0.05) is 48.5 Å². The maximum Gasteiger partial charge on any atom is 0.355 e. The number of hydrogen-bond donors (Lipinski definition) is 2. The summed E-state index contributed by atoms with van der Waals surface area (Å²) in [6.45, 7) is 3.84. The smallest absolute Gasteiger partial charge is 0.355 e. The van der Waals surface area contributed by atoms with Gasteiger partial charge in [-0.25, -0.2) is 9.59 Å². The number of esters is 2. The van der Waals surface area contributed by atoms with Gasteiger partial charge in [0, 0.05) is 5.69 Å². The van der Waals surface area contributed by atoms with Gasteiger partial charge in [-0.15, -0.1) is 0 Å². The molecule has 0 bridgehead atoms. The number of anilines is 2. The third kappa shape index (κ3) is 5.15. The third-order valence-corrected chi connectivity index (χ3v) is 6.48. The number of carbonyl (C=O) groups excluding carboxylic acids is 3. The van der Waals surface area contributed by atoms with Crippen LogP contribution in [0.5, 0.6) is 0 Å². The van der Waals surface area contributed by atoms with Gasteiger partial charge in [0.15, 0.2) is 0 Å². The zero-order valence-corrected chi connectivity index (χ0v) is 22.5. The molecule has 40 heavy (non-hydrogen) atoms. The molecule has 3 N–H and O–H groups in total. The number of para-hydroxylation sites is 1. The van der Waals surface area contributed by atoms with Crippen LogP contribution in [0.3, 0.4) is 0 Å². The molecule has 9 nitrogen and oxygen atoms in total. The molecule has 0 fully saturated rings. The molecule has 3 aromatic carbocycles. The highest BCUT2D eigenvalue weighted by molar-refractivity contribution is 6.11. The minimum atomic E-state index is -1.01. The van der Waals surface area contributed by atoms with Crippen LogP contribution in [0.2, 0.25) is 0 Å². The van der Waals surface area contributed by atoms with Crippen LogP contribution < -0.4 is 16.0 Å². The number of aryl methyl sites for hydroxylation is 2. The number of amides is 1. The van der Waals surface area contributed by atoms with E-state index in [1.54, 1.807) is 54.6 Å². The van der Waals surface area contributed by atoms with Gasteiger partial charge >= 0.3 is 11.9 Å². The fraction of sp³-hybridized carbons (Fsp3) is 0.161. The summed E-state index contributed by atoms with van der Waals surface area (Å²) in [5.41, 5.74) is 9.58. The van der Waals surface area contributed by atoms with E-state index in [1.165, 1.54) is 19.1 Å². The molecule has 0 radical (unpaired) electrons. The van der Waals surface area contributed by atoms with E-state index in [4.69, 9.17) is 15.2 Å². The highest BCUT2D eigenvalue weighted by atomic mass is 16.5. The van der Waals surface area contributed by atoms with Crippen molar-refractivity contribution in [2.45, 2.75) is 19.8 Å². The Bertz CT molecular complexity index is 1580. The second-order valence-electron chi connectivity index (χ2n) is 9.18. The molecule has 1 atom stereocenters. The van der Waals surface area contributed by atoms with Crippen LogP contribution in [0.4, 0.5) is 11.4 Å². The maximum absolute atomic E-state index is 13.6. The predicted molar refractivity (Wildman–Crippen MR) is 150 cm³/mol. The molecule has 1 aliphatic rings. The zero-order valence-electron chi connectivity index (χ0n) is 22.5. The number of ether oxygens (including phenoxy) is 2. The van der Waals surface area contributed by atoms with Gasteiger partial charge in [0.05, 0.1) is 48.6 Å². The monoisotopic (exact) mass is 536 g/mol. The van der Waals surface area contributed by atoms with E-state index in [1.807, 2.05) is 32.0 Å². The van der Waals surface area contributed by atoms with Gasteiger partial charge in [-0.2, -0.15) is 5.26 Å². The highest BCUT2D eigenvalue weighted by Gasteiger charge is 2.43. The van der Waals surface area contributed by atoms with Crippen molar-refractivity contribution in [3.8, 4) is 6.07 Å². The summed E-state index contributed by atoms with van der Waals surface area (Å²) in [5, 5.41) is 13.1. The second kappa shape index (κ2) is 11.6. The van der Waals surface area contributed by atoms with Crippen molar-refractivity contribution < 1.29 is 23.9 Å². The fourth-order valence-corrected chi connectivity index (χ4v) is 4.87. The largest absolute Gasteiger partial charge is 0.466 e. The third-order valence-electron chi connectivity index (χ3n) is 6.48. The molecular weight excluding hydrogens is 508 g/mol. The first-order chi connectivity index (χ1) is 19.2. The van der Waals surface area contributed by atoms with Crippen LogP contribution >= 0.6 is 0 Å². The van der Waals surface area contributed by atoms with Crippen LogP contribution in [-0.4, -0.2) is 32.1 Å². The average Bonchev–Trinajstić information content (AvgIpc) is 2.95. The summed E-state index contributed by atoms with van der Waals surface area (Å²) in [6.07, 6.45) is 0. The second-order valence-corrected chi connectivity index (χ2v) is 9.18. The number of benzene rings is 3. The summed E-state index contributed by atoms with van der Waals surface area (Å²) >= 11 is 0. The molecule has 0 saturated carbocycles. The van der Waals surface area contributed by atoms with Crippen molar-refractivity contribution in [3.05, 3.63) is 118 Å². The fourth-order valence-electron chi connectivity index (χ4n) is 4.87. The quantitative estimate of drug-likeness (QED) is 0.441. The molecule has 3 aromatic rings. The van der Waals surface area contributed by atoms with E-state index in [0.29, 0.717) is 11.3 Å². The summed E-state index contributed by atoms with van der Waals surface area (Å²) in [6, 6.07) is 22.9. The average molecular weight is 537 g/mol. The number of nitrogens with one attached hydrogen (secondary N) is 1. The number of nitriles is 1. The zero-order chi connectivity index (χ0) is 29.0. The van der Waals surface area contributed by atoms with Crippen LogP contribution in [-0.2, 0) is 19.1 Å². The first-order valence-electron chi connectivity index (χ1n) is 12.4. The lowest BCUT2D eigenvalue weighted by Gasteiger charge is -2.36. The Morgan fingerprint density at radius 1 is 0.900 bits per heavy atom. The molecule has 0 aromatic heterocycles. The number of nitrogens with two attached hydrogens (primary N) is 1. The molecule has 9 heteroatoms. The van der Waals surface area contributed by atoms with Gasteiger partial charge < -0.3 is 20.5 Å². The molecular formula is C31H28N4O5. The molecule has 202 valence electrons. The molecule has 1 heterocycles. The standard InChI is InChI=1S/C31H28N4O5/c1-18-14-19(2)16-21(15-18)34-29(36)22-12-8-9-13-24(22)35-27(31(38)40-4)26(30(37)39-3)25(23(17-32)28(35)33)20-10-6-5-7-11-20/h5-16,25H,33H2,1-4H3,(H,34,36). The lowest BCUT2D eigenvalue weighted by atomic mass is 9.80. The van der Waals surface area contributed by atoms with Crippen LogP contribution in [0.25, 0.3) is 0 Å². The lowest BCUT2D eigenvalue weighted by Crippen LogP contribution is -2.41. The van der Waals surface area contributed by atoms with Crippen molar-refractivity contribution in [1.29, 1.82) is 5.26 Å². The summed E-state index contributed by atoms with van der Waals surface area (Å²) in [7, 11) is 2.34. The van der Waals surface area contributed by atoms with E-state index >= 15 is 0 Å². The van der Waals surface area contributed by atoms with Crippen LogP contribution in [0, 0.1) is 25.2 Å². The number of carbonyl (C=O) groups is 3. The van der Waals surface area contributed by atoms with Crippen molar-refractivity contribution in [1.82, 2.24) is 0 Å². The van der Waals surface area contributed by atoms with E-state index < -0.39 is 23.8 Å². The highest BCUT2D eigenvalue weighted by Crippen LogP contribution is 2.44. The maximum atomic E-state index is 13.6. The van der Waals surface area contributed by atoms with Gasteiger partial charge in [0.1, 0.15) is 11.5 Å². The SMILES string of the molecule is COC(=O)C1=C(C(=O)OC)N(c2ccccc2C(=O)Nc2cc(C)cc(C)c2)C(N)=C(C#N)C1c1ccccc1. The van der Waals surface area contributed by atoms with Gasteiger partial charge in [0.25, 0.3) is 5.91 Å². The Balaban J connectivity index is 1.97. The Morgan fingerprint density at radius 3 is 2.10 bits per heavy atom. The molecule has 0 saturated heterocycles. The number of methoxy groups -OCH3 is 2. The van der Waals surface area contributed by atoms with Crippen molar-refractivity contribution in [2.24, 2.45) is 5.73 Å². The topological polar surface area (TPSA) is 135 Å². The Hall–Kier alpha value is -5.36. The number of nitrogens with zero attached hydrogens (tertiary/aromatic N) is 2. The van der Waals surface area contributed by atoms with E-state index in [-0.39, 0.29) is 33.9 Å². The normalized spacial score (nSPS) is 14.9. The van der Waals surface area contributed by atoms with Gasteiger partial charge in [-0.05, 0) is 54.8 Å². The molecule has 1 aliphatic heterocycles. The van der Waals surface area contributed by atoms with Crippen LogP contribution in [0.1, 0.15) is 33.0 Å². The molecule has 0 spiro atoms. The van der Waals surface area contributed by atoms with Crippen molar-refractivity contribution >= 4 is 29.2 Å². The lowest BCUT2D eigenvalue weighted by molar-refractivity contribution is -0.139. The first kappa shape index (κ1) is 27.7. The summed E-state index contributed by atoms with van der Waals surface area (Å²) in [4.78, 5) is 41.4. The van der Waals surface area contributed by atoms with E-state index in [0.717, 1.165) is 11.1 Å². The van der Waals surface area contributed by atoms with Crippen molar-refractivity contribution in [3.63, 3.8) is 0 Å². The summed E-state index contributed by atoms with van der Waals surface area (Å²) < 4.78 is 10.2. The van der Waals surface area contributed by atoms with E-state index in [2.05, 4.69) is 11.4 Å². The first-order valence-corrected chi connectivity index (χ1v) is 12.4. The van der Waals surface area contributed by atoms with Gasteiger partial charge in [-0.3, -0.25) is 9.69 Å². The van der Waals surface area contributed by atoms with Gasteiger partial charge in [0.2, 0.25) is 0 Å². The predicted octanol–water partition coefficient (Wildman–Crippen LogP) is 4.45. The molecule has 1 amide bonds. The summed E-state index contributed by atoms with van der Waals surface area (Å²) in [5.74, 6) is -3.38. The Kier molecular flexibility index (Phi) is 8.01. The Labute approximate surface area is 232 Å².